The van der Waals surface area contributed by atoms with Crippen molar-refractivity contribution >= 4 is 11.0 Å². The number of benzene rings is 2. The third-order valence-corrected chi connectivity index (χ3v) is 5.80. The van der Waals surface area contributed by atoms with Crippen LogP contribution in [0.2, 0.25) is 0 Å². The van der Waals surface area contributed by atoms with Crippen molar-refractivity contribution < 1.29 is 0 Å². The lowest BCUT2D eigenvalue weighted by Crippen LogP contribution is -2.25. The van der Waals surface area contributed by atoms with Crippen molar-refractivity contribution in [3.8, 4) is 22.4 Å². The molecule has 5 rings (SSSR count). The molecular formula is C28H24N2O. The number of rotatable bonds is 4. The van der Waals surface area contributed by atoms with Crippen molar-refractivity contribution in [1.29, 1.82) is 0 Å². The largest absolute Gasteiger partial charge is 0.290 e. The Morgan fingerprint density at radius 3 is 2.10 bits per heavy atom. The first-order valence-electron chi connectivity index (χ1n) is 10.7. The Morgan fingerprint density at radius 2 is 1.42 bits per heavy atom. The van der Waals surface area contributed by atoms with E-state index in [9.17, 15) is 4.79 Å². The molecule has 2 heterocycles. The van der Waals surface area contributed by atoms with Crippen LogP contribution < -0.4 is 5.56 Å². The van der Waals surface area contributed by atoms with Crippen LogP contribution in [0.3, 0.4) is 0 Å². The maximum atomic E-state index is 13.9. The second kappa shape index (κ2) is 7.84. The van der Waals surface area contributed by atoms with Crippen LogP contribution in [0.1, 0.15) is 31.0 Å². The molecule has 0 amide bonds. The molecule has 0 N–H and O–H groups in total. The summed E-state index contributed by atoms with van der Waals surface area (Å²) in [5, 5.41) is 1.07. The van der Waals surface area contributed by atoms with Crippen LogP contribution in [-0.4, -0.2) is 9.55 Å². The van der Waals surface area contributed by atoms with E-state index in [-0.39, 0.29) is 11.6 Å². The number of hydrogen-bond acceptors (Lipinski definition) is 2. The van der Waals surface area contributed by atoms with E-state index in [2.05, 4.69) is 18.2 Å². The minimum absolute atomic E-state index is 0.00120. The van der Waals surface area contributed by atoms with Crippen molar-refractivity contribution in [2.75, 3.05) is 0 Å². The van der Waals surface area contributed by atoms with Crippen molar-refractivity contribution in [3.05, 3.63) is 112 Å². The summed E-state index contributed by atoms with van der Waals surface area (Å²) in [5.41, 5.74) is 6.72. The molecule has 1 aromatic heterocycles. The summed E-state index contributed by atoms with van der Waals surface area (Å²) < 4.78 is 1.85. The van der Waals surface area contributed by atoms with Crippen molar-refractivity contribution in [3.63, 3.8) is 0 Å². The quantitative estimate of drug-likeness (QED) is 0.350. The van der Waals surface area contributed by atoms with E-state index in [1.807, 2.05) is 91.2 Å². The van der Waals surface area contributed by atoms with Gasteiger partial charge in [0.2, 0.25) is 0 Å². The first kappa shape index (κ1) is 19.3. The molecule has 2 aromatic carbocycles. The van der Waals surface area contributed by atoms with Gasteiger partial charge in [-0.1, -0.05) is 84.9 Å². The lowest BCUT2D eigenvalue weighted by atomic mass is 9.92. The molecule has 3 nitrogen and oxygen atoms in total. The predicted molar refractivity (Wildman–Crippen MR) is 128 cm³/mol. The van der Waals surface area contributed by atoms with E-state index in [0.717, 1.165) is 39.0 Å². The maximum absolute atomic E-state index is 13.9. The smallest absolute Gasteiger partial charge is 0.260 e. The van der Waals surface area contributed by atoms with Crippen LogP contribution in [0.4, 0.5) is 0 Å². The van der Waals surface area contributed by atoms with Gasteiger partial charge < -0.3 is 0 Å². The van der Waals surface area contributed by atoms with Gasteiger partial charge in [0.1, 0.15) is 5.65 Å². The highest BCUT2D eigenvalue weighted by Gasteiger charge is 2.25. The molecule has 0 saturated carbocycles. The highest BCUT2D eigenvalue weighted by molar-refractivity contribution is 6.01. The second-order valence-electron chi connectivity index (χ2n) is 8.17. The molecule has 0 unspecified atom stereocenters. The average molecular weight is 405 g/mol. The van der Waals surface area contributed by atoms with E-state index in [1.54, 1.807) is 0 Å². The lowest BCUT2D eigenvalue weighted by Gasteiger charge is -2.18. The standard InChI is InChI=1S/C28H24N2O/c1-19(2)30-27-26(22-16-10-5-11-17-24(22)29-27)23(18-20-12-6-3-7-13-20)25(28(30)31)21-14-8-4-9-15-21/h3-17,19H,18H2,1-2H3. The predicted octanol–water partition coefficient (Wildman–Crippen LogP) is 6.34. The van der Waals surface area contributed by atoms with E-state index in [4.69, 9.17) is 4.98 Å². The van der Waals surface area contributed by atoms with Gasteiger partial charge in [-0.15, -0.1) is 0 Å². The summed E-state index contributed by atoms with van der Waals surface area (Å²) in [5.74, 6) is 0. The molecule has 3 heteroatoms. The molecule has 0 radical (unpaired) electrons. The Balaban J connectivity index is 1.97. The van der Waals surface area contributed by atoms with Gasteiger partial charge in [-0.2, -0.15) is 0 Å². The summed E-state index contributed by atoms with van der Waals surface area (Å²) in [4.78, 5) is 18.8. The Labute approximate surface area is 182 Å². The Hall–Kier alpha value is -3.72. The number of nitrogens with zero attached hydrogens (tertiary/aromatic N) is 2. The fourth-order valence-electron chi connectivity index (χ4n) is 4.44. The molecule has 0 atom stereocenters. The molecule has 0 bridgehead atoms. The molecule has 3 aromatic rings. The second-order valence-corrected chi connectivity index (χ2v) is 8.17. The molecule has 152 valence electrons. The Bertz CT molecular complexity index is 1390. The number of pyridine rings is 1. The molecule has 1 aliphatic carbocycles. The van der Waals surface area contributed by atoms with Gasteiger partial charge in [0.05, 0.1) is 11.3 Å². The molecule has 0 fully saturated rings. The monoisotopic (exact) mass is 404 g/mol. The van der Waals surface area contributed by atoms with Crippen LogP contribution in [-0.2, 0) is 6.42 Å². The molecule has 2 aliphatic rings. The van der Waals surface area contributed by atoms with Gasteiger partial charge in [-0.25, -0.2) is 4.98 Å². The number of hydrogen-bond donors (Lipinski definition) is 0. The third kappa shape index (κ3) is 3.32. The van der Waals surface area contributed by atoms with Crippen LogP contribution in [0.25, 0.3) is 33.4 Å². The fraction of sp³-hybridized carbons (Fsp3) is 0.143. The fourth-order valence-corrected chi connectivity index (χ4v) is 4.44. The molecular weight excluding hydrogens is 380 g/mol. The SMILES string of the molecule is CC(C)n1c(=O)c(-c2ccccc2)c(Cc2ccccc2)c2c3cccccc-3nc21. The summed E-state index contributed by atoms with van der Waals surface area (Å²) in [6, 6.07) is 30.6. The zero-order valence-electron chi connectivity index (χ0n) is 17.7. The third-order valence-electron chi connectivity index (χ3n) is 5.80. The van der Waals surface area contributed by atoms with Crippen LogP contribution in [0.15, 0.2) is 95.8 Å². The van der Waals surface area contributed by atoms with E-state index >= 15 is 0 Å². The normalized spacial score (nSPS) is 11.5. The number of aromatic nitrogens is 2. The molecule has 0 saturated heterocycles. The first-order valence-corrected chi connectivity index (χ1v) is 10.7. The van der Waals surface area contributed by atoms with Crippen molar-refractivity contribution in [2.45, 2.75) is 26.3 Å². The highest BCUT2D eigenvalue weighted by Crippen LogP contribution is 2.38. The minimum Gasteiger partial charge on any atom is -0.290 e. The Morgan fingerprint density at radius 1 is 0.806 bits per heavy atom. The van der Waals surface area contributed by atoms with Gasteiger partial charge in [-0.3, -0.25) is 9.36 Å². The topological polar surface area (TPSA) is 34.9 Å². The van der Waals surface area contributed by atoms with Crippen LogP contribution in [0, 0.1) is 0 Å². The van der Waals surface area contributed by atoms with Gasteiger partial charge >= 0.3 is 0 Å². The highest BCUT2D eigenvalue weighted by atomic mass is 16.1. The number of fused-ring (bicyclic) bond motifs is 3. The van der Waals surface area contributed by atoms with Gasteiger partial charge in [0.25, 0.3) is 5.56 Å². The van der Waals surface area contributed by atoms with Crippen molar-refractivity contribution in [2.24, 2.45) is 0 Å². The maximum Gasteiger partial charge on any atom is 0.260 e. The van der Waals surface area contributed by atoms with Gasteiger partial charge in [-0.05, 0) is 43.0 Å². The van der Waals surface area contributed by atoms with E-state index < -0.39 is 0 Å². The molecule has 0 spiro atoms. The lowest BCUT2D eigenvalue weighted by molar-refractivity contribution is 0.597. The zero-order chi connectivity index (χ0) is 21.4. The molecule has 1 aliphatic heterocycles. The van der Waals surface area contributed by atoms with Crippen molar-refractivity contribution in [1.82, 2.24) is 9.55 Å². The average Bonchev–Trinajstić information content (AvgIpc) is 2.96. The minimum atomic E-state index is 0.00120. The zero-order valence-corrected chi connectivity index (χ0v) is 17.7. The first-order chi connectivity index (χ1) is 15.1. The van der Waals surface area contributed by atoms with Gasteiger partial charge in [0, 0.05) is 17.0 Å². The van der Waals surface area contributed by atoms with Gasteiger partial charge in [0.15, 0.2) is 0 Å². The molecule has 31 heavy (non-hydrogen) atoms. The van der Waals surface area contributed by atoms with E-state index in [0.29, 0.717) is 6.42 Å². The van der Waals surface area contributed by atoms with Crippen LogP contribution in [0.5, 0.6) is 0 Å². The summed E-state index contributed by atoms with van der Waals surface area (Å²) >= 11 is 0. The summed E-state index contributed by atoms with van der Waals surface area (Å²) in [6.45, 7) is 4.09. The summed E-state index contributed by atoms with van der Waals surface area (Å²) in [7, 11) is 0. The van der Waals surface area contributed by atoms with E-state index in [1.165, 1.54) is 5.56 Å². The van der Waals surface area contributed by atoms with Crippen LogP contribution >= 0.6 is 0 Å². The summed E-state index contributed by atoms with van der Waals surface area (Å²) in [6.07, 6.45) is 0.676. The Kier molecular flexibility index (Phi) is 4.87.